The Morgan fingerprint density at radius 2 is 1.18 bits per heavy atom. The third-order valence-corrected chi connectivity index (χ3v) is 7.68. The minimum atomic E-state index is -0.137. The van der Waals surface area contributed by atoms with Crippen LogP contribution in [-0.2, 0) is 10.8 Å². The van der Waals surface area contributed by atoms with Crippen LogP contribution < -0.4 is 4.90 Å². The summed E-state index contributed by atoms with van der Waals surface area (Å²) in [5.74, 6) is 0. The number of nitrogens with zero attached hydrogens (tertiary/aromatic N) is 2. The van der Waals surface area contributed by atoms with Gasteiger partial charge in [0, 0.05) is 10.8 Å². The molecule has 2 heteroatoms. The Hall–Kier alpha value is -3.83. The fraction of sp³-hybridized carbons (Fsp3) is 0.194. The van der Waals surface area contributed by atoms with Gasteiger partial charge in [-0.05, 0) is 63.7 Å². The molecule has 0 aromatic heterocycles. The van der Waals surface area contributed by atoms with Gasteiger partial charge in [0.25, 0.3) is 0 Å². The zero-order valence-corrected chi connectivity index (χ0v) is 19.5. The van der Waals surface area contributed by atoms with Crippen LogP contribution in [0, 0.1) is 11.3 Å². The van der Waals surface area contributed by atoms with E-state index < -0.39 is 0 Å². The van der Waals surface area contributed by atoms with Gasteiger partial charge in [-0.2, -0.15) is 5.26 Å². The van der Waals surface area contributed by atoms with Gasteiger partial charge in [-0.15, -0.1) is 0 Å². The van der Waals surface area contributed by atoms with E-state index in [4.69, 9.17) is 5.26 Å². The van der Waals surface area contributed by atoms with Gasteiger partial charge in [0.2, 0.25) is 0 Å². The SMILES string of the molecule is CC1(C)c2ccccc2N2c3ccc(-c4ccc(C#N)cc4)cc3C(C)(C)c3cccc1c32. The standard InChI is InChI=1S/C31H26N2/c1-30(2)23-8-5-6-11-27(23)33-28-17-16-22(21-14-12-20(19-32)13-15-21)18-26(28)31(3,4)25-10-7-9-24(30)29(25)33/h5-18H,1-4H3. The van der Waals surface area contributed by atoms with Crippen LogP contribution in [0.2, 0.25) is 0 Å². The summed E-state index contributed by atoms with van der Waals surface area (Å²) in [5.41, 5.74) is 12.1. The Labute approximate surface area is 195 Å². The zero-order valence-electron chi connectivity index (χ0n) is 19.5. The maximum absolute atomic E-state index is 9.16. The van der Waals surface area contributed by atoms with E-state index in [0.29, 0.717) is 5.56 Å². The monoisotopic (exact) mass is 426 g/mol. The summed E-state index contributed by atoms with van der Waals surface area (Å²) in [7, 11) is 0. The Morgan fingerprint density at radius 3 is 1.88 bits per heavy atom. The van der Waals surface area contributed by atoms with Gasteiger partial charge >= 0.3 is 0 Å². The molecule has 0 aliphatic carbocycles. The van der Waals surface area contributed by atoms with Crippen LogP contribution in [0.3, 0.4) is 0 Å². The summed E-state index contributed by atoms with van der Waals surface area (Å²) in [4.78, 5) is 2.48. The molecule has 0 atom stereocenters. The summed E-state index contributed by atoms with van der Waals surface area (Å²) in [6.45, 7) is 9.37. The lowest BCUT2D eigenvalue weighted by atomic mass is 9.66. The van der Waals surface area contributed by atoms with Crippen LogP contribution >= 0.6 is 0 Å². The lowest BCUT2D eigenvalue weighted by molar-refractivity contribution is 0.597. The van der Waals surface area contributed by atoms with Gasteiger partial charge < -0.3 is 4.90 Å². The fourth-order valence-electron chi connectivity index (χ4n) is 5.80. The van der Waals surface area contributed by atoms with Crippen LogP contribution in [0.25, 0.3) is 11.1 Å². The lowest BCUT2D eigenvalue weighted by Gasteiger charge is -2.49. The molecule has 2 aliphatic heterocycles. The van der Waals surface area contributed by atoms with Crippen molar-refractivity contribution in [1.29, 1.82) is 5.26 Å². The van der Waals surface area contributed by atoms with E-state index >= 15 is 0 Å². The first kappa shape index (κ1) is 19.8. The van der Waals surface area contributed by atoms with E-state index in [1.165, 1.54) is 44.9 Å². The highest BCUT2D eigenvalue weighted by molar-refractivity contribution is 5.93. The van der Waals surface area contributed by atoms with Crippen molar-refractivity contribution in [3.8, 4) is 17.2 Å². The van der Waals surface area contributed by atoms with Crippen LogP contribution in [-0.4, -0.2) is 0 Å². The summed E-state index contributed by atoms with van der Waals surface area (Å²) < 4.78 is 0. The van der Waals surface area contributed by atoms with Crippen molar-refractivity contribution >= 4 is 17.1 Å². The summed E-state index contributed by atoms with van der Waals surface area (Å²) in [5, 5.41) is 9.16. The Kier molecular flexibility index (Phi) is 3.96. The van der Waals surface area contributed by atoms with Gasteiger partial charge in [-0.25, -0.2) is 0 Å². The Balaban J connectivity index is 1.63. The van der Waals surface area contributed by atoms with Gasteiger partial charge in [0.15, 0.2) is 0 Å². The average Bonchev–Trinajstić information content (AvgIpc) is 2.83. The van der Waals surface area contributed by atoms with Gasteiger partial charge in [-0.3, -0.25) is 0 Å². The van der Waals surface area contributed by atoms with Gasteiger partial charge in [0.1, 0.15) is 0 Å². The highest BCUT2D eigenvalue weighted by Crippen LogP contribution is 2.60. The van der Waals surface area contributed by atoms with Gasteiger partial charge in [0.05, 0.1) is 28.7 Å². The number of fused-ring (bicyclic) bond motifs is 4. The summed E-state index contributed by atoms with van der Waals surface area (Å²) in [6, 6.07) is 32.6. The topological polar surface area (TPSA) is 27.0 Å². The normalized spacial score (nSPS) is 16.3. The van der Waals surface area contributed by atoms with Crippen molar-refractivity contribution < 1.29 is 0 Å². The Bertz CT molecular complexity index is 1470. The van der Waals surface area contributed by atoms with Crippen molar-refractivity contribution in [2.45, 2.75) is 38.5 Å². The van der Waals surface area contributed by atoms with Crippen LogP contribution in [0.4, 0.5) is 17.1 Å². The van der Waals surface area contributed by atoms with Crippen molar-refractivity contribution in [2.24, 2.45) is 0 Å². The highest BCUT2D eigenvalue weighted by atomic mass is 15.2. The van der Waals surface area contributed by atoms with E-state index in [-0.39, 0.29) is 10.8 Å². The maximum atomic E-state index is 9.16. The minimum absolute atomic E-state index is 0.0611. The third-order valence-electron chi connectivity index (χ3n) is 7.68. The molecule has 0 amide bonds. The second-order valence-electron chi connectivity index (χ2n) is 10.2. The van der Waals surface area contributed by atoms with Crippen molar-refractivity contribution in [2.75, 3.05) is 4.90 Å². The van der Waals surface area contributed by atoms with Crippen molar-refractivity contribution in [3.05, 3.63) is 113 Å². The van der Waals surface area contributed by atoms with Crippen molar-refractivity contribution in [1.82, 2.24) is 0 Å². The predicted octanol–water partition coefficient (Wildman–Crippen LogP) is 7.97. The second kappa shape index (κ2) is 6.59. The first-order valence-electron chi connectivity index (χ1n) is 11.5. The fourth-order valence-corrected chi connectivity index (χ4v) is 5.80. The number of nitriles is 1. The number of para-hydroxylation sites is 2. The number of rotatable bonds is 1. The van der Waals surface area contributed by atoms with Gasteiger partial charge in [-0.1, -0.05) is 82.3 Å². The molecule has 33 heavy (non-hydrogen) atoms. The molecule has 6 rings (SSSR count). The van der Waals surface area contributed by atoms with E-state index in [2.05, 4.69) is 99.3 Å². The molecule has 0 saturated carbocycles. The number of benzene rings is 4. The molecule has 0 fully saturated rings. The van der Waals surface area contributed by atoms with E-state index in [1.807, 2.05) is 24.3 Å². The molecule has 0 bridgehead atoms. The van der Waals surface area contributed by atoms with E-state index in [1.54, 1.807) is 0 Å². The number of anilines is 3. The Morgan fingerprint density at radius 1 is 0.606 bits per heavy atom. The molecule has 0 saturated heterocycles. The molecule has 0 N–H and O–H groups in total. The first-order valence-corrected chi connectivity index (χ1v) is 11.5. The minimum Gasteiger partial charge on any atom is -0.309 e. The molecule has 0 spiro atoms. The maximum Gasteiger partial charge on any atom is 0.0991 e. The molecule has 4 aromatic carbocycles. The lowest BCUT2D eigenvalue weighted by Crippen LogP contribution is -2.38. The van der Waals surface area contributed by atoms with E-state index in [0.717, 1.165) is 5.56 Å². The first-order chi connectivity index (χ1) is 15.8. The molecule has 0 unspecified atom stereocenters. The van der Waals surface area contributed by atoms with Crippen LogP contribution in [0.5, 0.6) is 0 Å². The van der Waals surface area contributed by atoms with Crippen LogP contribution in [0.15, 0.2) is 84.9 Å². The molecular weight excluding hydrogens is 400 g/mol. The molecule has 160 valence electrons. The molecule has 2 heterocycles. The van der Waals surface area contributed by atoms with E-state index in [9.17, 15) is 0 Å². The van der Waals surface area contributed by atoms with Crippen molar-refractivity contribution in [3.63, 3.8) is 0 Å². The average molecular weight is 427 g/mol. The number of hydrogen-bond donors (Lipinski definition) is 0. The third kappa shape index (κ3) is 2.60. The number of hydrogen-bond acceptors (Lipinski definition) is 2. The molecule has 0 radical (unpaired) electrons. The molecule has 2 aliphatic rings. The zero-order chi connectivity index (χ0) is 23.0. The smallest absolute Gasteiger partial charge is 0.0991 e. The molecule has 2 nitrogen and oxygen atoms in total. The van der Waals surface area contributed by atoms with Crippen LogP contribution in [0.1, 0.15) is 55.5 Å². The second-order valence-corrected chi connectivity index (χ2v) is 10.2. The molecular formula is C31H26N2. The predicted molar refractivity (Wildman–Crippen MR) is 136 cm³/mol. The summed E-state index contributed by atoms with van der Waals surface area (Å²) >= 11 is 0. The quantitative estimate of drug-likeness (QED) is 0.308. The highest BCUT2D eigenvalue weighted by Gasteiger charge is 2.45. The largest absolute Gasteiger partial charge is 0.309 e. The molecule has 4 aromatic rings. The summed E-state index contributed by atoms with van der Waals surface area (Å²) in [6.07, 6.45) is 0.